The highest BCUT2D eigenvalue weighted by molar-refractivity contribution is 7.20. The molecule has 1 aromatic carbocycles. The maximum Gasteiger partial charge on any atom is 0.348 e. The van der Waals surface area contributed by atoms with E-state index in [0.717, 1.165) is 53.1 Å². The molecular weight excluding hydrogens is 386 g/mol. The molecule has 6 nitrogen and oxygen atoms in total. The first kappa shape index (κ1) is 19.5. The van der Waals surface area contributed by atoms with Gasteiger partial charge in [0.1, 0.15) is 21.9 Å². The largest absolute Gasteiger partial charge is 0.462 e. The first-order valence-electron chi connectivity index (χ1n) is 9.85. The molecule has 3 aromatic rings. The zero-order chi connectivity index (χ0) is 20.4. The lowest BCUT2D eigenvalue weighted by Gasteiger charge is -2.32. The van der Waals surface area contributed by atoms with Gasteiger partial charge in [-0.25, -0.2) is 14.8 Å². The number of Topliss-reactive ketones (excluding diaryl/α,β-unsaturated/α-hetero) is 1. The third kappa shape index (κ3) is 3.74. The SMILES string of the molecule is CCOC(=O)c1sc2ncnc(N3CCC(C(=O)c4ccccc4)CC3)c2c1C. The van der Waals surface area contributed by atoms with Gasteiger partial charge in [0.25, 0.3) is 0 Å². The minimum atomic E-state index is -0.314. The number of carbonyl (C=O) groups is 2. The summed E-state index contributed by atoms with van der Waals surface area (Å²) in [6, 6.07) is 9.50. The van der Waals surface area contributed by atoms with Crippen molar-refractivity contribution in [1.29, 1.82) is 0 Å². The molecule has 0 atom stereocenters. The topological polar surface area (TPSA) is 72.4 Å². The molecule has 0 unspecified atom stereocenters. The fourth-order valence-electron chi connectivity index (χ4n) is 3.88. The van der Waals surface area contributed by atoms with Crippen LogP contribution in [0.4, 0.5) is 5.82 Å². The molecule has 1 aliphatic heterocycles. The van der Waals surface area contributed by atoms with Crippen molar-refractivity contribution in [2.24, 2.45) is 5.92 Å². The lowest BCUT2D eigenvalue weighted by Crippen LogP contribution is -2.37. The van der Waals surface area contributed by atoms with E-state index in [4.69, 9.17) is 4.74 Å². The summed E-state index contributed by atoms with van der Waals surface area (Å²) in [5.41, 5.74) is 1.64. The zero-order valence-electron chi connectivity index (χ0n) is 16.6. The Balaban J connectivity index is 1.55. The van der Waals surface area contributed by atoms with Gasteiger partial charge < -0.3 is 9.64 Å². The first-order chi connectivity index (χ1) is 14.1. The number of ketones is 1. The van der Waals surface area contributed by atoms with Gasteiger partial charge in [0, 0.05) is 24.6 Å². The third-order valence-corrected chi connectivity index (χ3v) is 6.57. The van der Waals surface area contributed by atoms with E-state index in [1.807, 2.05) is 37.3 Å². The van der Waals surface area contributed by atoms with Gasteiger partial charge >= 0.3 is 5.97 Å². The molecule has 150 valence electrons. The molecule has 1 fully saturated rings. The molecule has 0 spiro atoms. The van der Waals surface area contributed by atoms with E-state index < -0.39 is 0 Å². The smallest absolute Gasteiger partial charge is 0.348 e. The van der Waals surface area contributed by atoms with Crippen LogP contribution in [0.3, 0.4) is 0 Å². The Bertz CT molecular complexity index is 1040. The van der Waals surface area contributed by atoms with Crippen LogP contribution in [-0.4, -0.2) is 41.4 Å². The minimum absolute atomic E-state index is 0.0321. The van der Waals surface area contributed by atoms with Gasteiger partial charge in [0.2, 0.25) is 0 Å². The van der Waals surface area contributed by atoms with Gasteiger partial charge in [-0.05, 0) is 32.3 Å². The van der Waals surface area contributed by atoms with Gasteiger partial charge in [-0.1, -0.05) is 30.3 Å². The predicted octanol–water partition coefficient (Wildman–Crippen LogP) is 4.28. The predicted molar refractivity (Wildman–Crippen MR) is 114 cm³/mol. The quantitative estimate of drug-likeness (QED) is 0.463. The van der Waals surface area contributed by atoms with Crippen molar-refractivity contribution in [3.63, 3.8) is 0 Å². The van der Waals surface area contributed by atoms with Crippen molar-refractivity contribution >= 4 is 39.1 Å². The van der Waals surface area contributed by atoms with Gasteiger partial charge in [0.15, 0.2) is 5.78 Å². The van der Waals surface area contributed by atoms with Gasteiger partial charge in [-0.3, -0.25) is 4.79 Å². The number of fused-ring (bicyclic) bond motifs is 1. The van der Waals surface area contributed by atoms with Crippen molar-refractivity contribution in [3.05, 3.63) is 52.7 Å². The summed E-state index contributed by atoms with van der Waals surface area (Å²) in [5.74, 6) is 0.773. The second-order valence-corrected chi connectivity index (χ2v) is 8.14. The van der Waals surface area contributed by atoms with Crippen LogP contribution in [0.15, 0.2) is 36.7 Å². The minimum Gasteiger partial charge on any atom is -0.462 e. The first-order valence-corrected chi connectivity index (χ1v) is 10.7. The molecular formula is C22H23N3O3S. The molecule has 3 heterocycles. The Morgan fingerprint density at radius 1 is 1.17 bits per heavy atom. The highest BCUT2D eigenvalue weighted by Gasteiger charge is 2.28. The summed E-state index contributed by atoms with van der Waals surface area (Å²) in [6.45, 7) is 5.56. The maximum atomic E-state index is 12.8. The highest BCUT2D eigenvalue weighted by Crippen LogP contribution is 2.36. The lowest BCUT2D eigenvalue weighted by atomic mass is 9.89. The van der Waals surface area contributed by atoms with Crippen LogP contribution in [0.1, 0.15) is 45.4 Å². The number of aryl methyl sites for hydroxylation is 1. The molecule has 0 amide bonds. The number of rotatable bonds is 5. The van der Waals surface area contributed by atoms with Crippen molar-refractivity contribution in [3.8, 4) is 0 Å². The number of hydrogen-bond acceptors (Lipinski definition) is 7. The Kier molecular flexibility index (Phi) is 5.58. The van der Waals surface area contributed by atoms with Gasteiger partial charge in [0.05, 0.1) is 12.0 Å². The summed E-state index contributed by atoms with van der Waals surface area (Å²) in [5, 5.41) is 0.911. The van der Waals surface area contributed by atoms with E-state index in [2.05, 4.69) is 14.9 Å². The van der Waals surface area contributed by atoms with E-state index >= 15 is 0 Å². The Morgan fingerprint density at radius 3 is 2.59 bits per heavy atom. The number of benzene rings is 1. The van der Waals surface area contributed by atoms with Crippen molar-refractivity contribution in [1.82, 2.24) is 9.97 Å². The fourth-order valence-corrected chi connectivity index (χ4v) is 4.91. The summed E-state index contributed by atoms with van der Waals surface area (Å²) in [7, 11) is 0. The molecule has 1 saturated heterocycles. The lowest BCUT2D eigenvalue weighted by molar-refractivity contribution is 0.0531. The van der Waals surface area contributed by atoms with Crippen LogP contribution >= 0.6 is 11.3 Å². The van der Waals surface area contributed by atoms with E-state index in [-0.39, 0.29) is 17.7 Å². The maximum absolute atomic E-state index is 12.8. The second-order valence-electron chi connectivity index (χ2n) is 7.15. The molecule has 1 aliphatic rings. The van der Waals surface area contributed by atoms with E-state index in [1.54, 1.807) is 13.3 Å². The van der Waals surface area contributed by atoms with Gasteiger partial charge in [-0.2, -0.15) is 0 Å². The Hall–Kier alpha value is -2.80. The Morgan fingerprint density at radius 2 is 1.90 bits per heavy atom. The van der Waals surface area contributed by atoms with Crippen LogP contribution in [0.25, 0.3) is 10.2 Å². The molecule has 0 bridgehead atoms. The summed E-state index contributed by atoms with van der Waals surface area (Å²) >= 11 is 1.35. The van der Waals surface area contributed by atoms with Crippen molar-refractivity contribution in [2.75, 3.05) is 24.6 Å². The second kappa shape index (κ2) is 8.29. The normalized spacial score (nSPS) is 14.9. The summed E-state index contributed by atoms with van der Waals surface area (Å²) < 4.78 is 5.18. The van der Waals surface area contributed by atoms with Crippen LogP contribution in [0.2, 0.25) is 0 Å². The van der Waals surface area contributed by atoms with Crippen molar-refractivity contribution in [2.45, 2.75) is 26.7 Å². The number of carbonyl (C=O) groups excluding carboxylic acids is 2. The van der Waals surface area contributed by atoms with E-state index in [1.165, 1.54) is 11.3 Å². The number of piperidine rings is 1. The fraction of sp³-hybridized carbons (Fsp3) is 0.364. The molecule has 2 aromatic heterocycles. The molecule has 29 heavy (non-hydrogen) atoms. The number of esters is 1. The van der Waals surface area contributed by atoms with Crippen molar-refractivity contribution < 1.29 is 14.3 Å². The summed E-state index contributed by atoms with van der Waals surface area (Å²) in [4.78, 5) is 37.5. The number of aromatic nitrogens is 2. The number of nitrogens with zero attached hydrogens (tertiary/aromatic N) is 3. The van der Waals surface area contributed by atoms with Crippen LogP contribution in [0, 0.1) is 12.8 Å². The Labute approximate surface area is 173 Å². The monoisotopic (exact) mass is 409 g/mol. The standard InChI is InChI=1S/C22H23N3O3S/c1-3-28-22(27)19-14(2)17-20(23-13-24-21(17)29-19)25-11-9-16(10-12-25)18(26)15-7-5-4-6-8-15/h4-8,13,16H,3,9-12H2,1-2H3. The van der Waals surface area contributed by atoms with Gasteiger partial charge in [-0.15, -0.1) is 11.3 Å². The van der Waals surface area contributed by atoms with E-state index in [0.29, 0.717) is 11.5 Å². The van der Waals surface area contributed by atoms with Crippen LogP contribution < -0.4 is 4.90 Å². The molecule has 4 rings (SSSR count). The van der Waals surface area contributed by atoms with Crippen LogP contribution in [-0.2, 0) is 4.74 Å². The average Bonchev–Trinajstić information content (AvgIpc) is 3.11. The third-order valence-electron chi connectivity index (χ3n) is 5.39. The molecule has 0 aliphatic carbocycles. The zero-order valence-corrected chi connectivity index (χ0v) is 17.4. The number of hydrogen-bond donors (Lipinski definition) is 0. The average molecular weight is 410 g/mol. The number of thiophene rings is 1. The molecule has 0 N–H and O–H groups in total. The van der Waals surface area contributed by atoms with E-state index in [9.17, 15) is 9.59 Å². The highest BCUT2D eigenvalue weighted by atomic mass is 32.1. The molecule has 0 radical (unpaired) electrons. The molecule has 7 heteroatoms. The van der Waals surface area contributed by atoms with Crippen LogP contribution in [0.5, 0.6) is 0 Å². The molecule has 0 saturated carbocycles. The number of ether oxygens (including phenoxy) is 1. The summed E-state index contributed by atoms with van der Waals surface area (Å²) in [6.07, 6.45) is 3.12. The number of anilines is 1.